The molecule has 20 heavy (non-hydrogen) atoms. The van der Waals surface area contributed by atoms with E-state index in [9.17, 15) is 18.0 Å². The second-order valence-corrected chi connectivity index (χ2v) is 5.42. The molecule has 2 atom stereocenters. The van der Waals surface area contributed by atoms with Crippen LogP contribution in [0.25, 0.3) is 0 Å². The maximum absolute atomic E-state index is 12.2. The van der Waals surface area contributed by atoms with Crippen LogP contribution in [-0.2, 0) is 14.3 Å². The molecule has 5 nitrogen and oxygen atoms in total. The van der Waals surface area contributed by atoms with Crippen LogP contribution in [0.15, 0.2) is 17.1 Å². The van der Waals surface area contributed by atoms with Crippen molar-refractivity contribution in [3.05, 3.63) is 12.2 Å². The van der Waals surface area contributed by atoms with E-state index in [1.807, 2.05) is 0 Å². The first kappa shape index (κ1) is 15.2. The van der Waals surface area contributed by atoms with Crippen molar-refractivity contribution >= 4 is 22.9 Å². The van der Waals surface area contributed by atoms with Crippen LogP contribution in [-0.4, -0.2) is 48.0 Å². The Labute approximate surface area is 117 Å². The van der Waals surface area contributed by atoms with E-state index in [1.165, 1.54) is 6.92 Å². The number of hydrogen-bond acceptors (Lipinski definition) is 5. The van der Waals surface area contributed by atoms with Crippen molar-refractivity contribution in [2.75, 3.05) is 19.8 Å². The molecule has 2 rings (SSSR count). The number of hydrogen-bond donors (Lipinski definition) is 1. The van der Waals surface area contributed by atoms with Gasteiger partial charge in [-0.3, -0.25) is 9.79 Å². The third kappa shape index (κ3) is 3.66. The number of fused-ring (bicyclic) bond motifs is 1. The van der Waals surface area contributed by atoms with Gasteiger partial charge in [-0.15, -0.1) is 0 Å². The first-order valence-corrected chi connectivity index (χ1v) is 6.67. The van der Waals surface area contributed by atoms with Gasteiger partial charge in [-0.1, -0.05) is 23.9 Å². The van der Waals surface area contributed by atoms with Gasteiger partial charge < -0.3 is 14.8 Å². The average Bonchev–Trinajstić information content (AvgIpc) is 2.72. The fraction of sp³-hybridized carbons (Fsp3) is 0.636. The highest BCUT2D eigenvalue weighted by atomic mass is 32.2. The summed E-state index contributed by atoms with van der Waals surface area (Å²) in [6, 6.07) is 0. The average molecular weight is 310 g/mol. The molecule has 112 valence electrons. The Hall–Kier alpha value is -1.22. The van der Waals surface area contributed by atoms with E-state index < -0.39 is 29.7 Å². The Balaban J connectivity index is 2.10. The molecule has 1 N–H and O–H groups in total. The number of nitrogens with one attached hydrogen (secondary N) is 1. The summed E-state index contributed by atoms with van der Waals surface area (Å²) in [4.78, 5) is 14.4. The lowest BCUT2D eigenvalue weighted by molar-refractivity contribution is -0.143. The largest absolute Gasteiger partial charge is 0.463 e. The highest BCUT2D eigenvalue weighted by Gasteiger charge is 2.48. The Morgan fingerprint density at radius 3 is 3.10 bits per heavy atom. The number of aliphatic imine (C=N–C) groups is 1. The van der Waals surface area contributed by atoms with Gasteiger partial charge in [0, 0.05) is 6.92 Å². The third-order valence-corrected chi connectivity index (χ3v) is 3.88. The van der Waals surface area contributed by atoms with E-state index >= 15 is 0 Å². The second kappa shape index (κ2) is 5.65. The van der Waals surface area contributed by atoms with Crippen molar-refractivity contribution in [1.82, 2.24) is 5.32 Å². The van der Waals surface area contributed by atoms with E-state index in [4.69, 9.17) is 9.47 Å². The number of amidine groups is 1. The van der Waals surface area contributed by atoms with Crippen molar-refractivity contribution in [2.24, 2.45) is 4.99 Å². The van der Waals surface area contributed by atoms with E-state index in [-0.39, 0.29) is 11.8 Å². The Morgan fingerprint density at radius 1 is 1.70 bits per heavy atom. The van der Waals surface area contributed by atoms with Gasteiger partial charge in [0.2, 0.25) is 0 Å². The summed E-state index contributed by atoms with van der Waals surface area (Å²) in [5, 5.41) is 2.99. The minimum absolute atomic E-state index is 0.0263. The zero-order valence-corrected chi connectivity index (χ0v) is 11.4. The number of carbonyl (C=O) groups excluding carboxylic acids is 1. The van der Waals surface area contributed by atoms with Crippen LogP contribution >= 0.6 is 11.8 Å². The molecule has 2 aliphatic rings. The summed E-state index contributed by atoms with van der Waals surface area (Å²) in [5.41, 5.74) is -1.34. The summed E-state index contributed by atoms with van der Waals surface area (Å²) in [7, 11) is 0. The van der Waals surface area contributed by atoms with E-state index in [0.29, 0.717) is 6.61 Å². The second-order valence-electron chi connectivity index (χ2n) is 4.37. The highest BCUT2D eigenvalue weighted by Crippen LogP contribution is 2.36. The third-order valence-electron chi connectivity index (χ3n) is 2.65. The quantitative estimate of drug-likeness (QED) is 0.632. The van der Waals surface area contributed by atoms with Crippen molar-refractivity contribution in [3.63, 3.8) is 0 Å². The molecule has 0 radical (unpaired) electrons. The van der Waals surface area contributed by atoms with Crippen molar-refractivity contribution in [3.8, 4) is 0 Å². The molecule has 0 saturated carbocycles. The smallest absolute Gasteiger partial charge is 0.408 e. The summed E-state index contributed by atoms with van der Waals surface area (Å²) in [5.74, 6) is -0.468. The molecule has 0 aliphatic carbocycles. The maximum Gasteiger partial charge on any atom is 0.408 e. The van der Waals surface area contributed by atoms with Gasteiger partial charge >= 0.3 is 12.1 Å². The molecule has 0 aromatic carbocycles. The molecule has 1 saturated heterocycles. The summed E-state index contributed by atoms with van der Waals surface area (Å²) >= 11 is 1.06. The van der Waals surface area contributed by atoms with E-state index in [1.54, 1.807) is 12.2 Å². The molecule has 0 spiro atoms. The highest BCUT2D eigenvalue weighted by molar-refractivity contribution is 8.14. The van der Waals surface area contributed by atoms with Crippen LogP contribution in [0.5, 0.6) is 0 Å². The van der Waals surface area contributed by atoms with Gasteiger partial charge in [0.25, 0.3) is 0 Å². The summed E-state index contributed by atoms with van der Waals surface area (Å²) in [6.07, 6.45) is -0.893. The fourth-order valence-corrected chi connectivity index (χ4v) is 2.96. The lowest BCUT2D eigenvalue weighted by atomic mass is 10.00. The van der Waals surface area contributed by atoms with Crippen LogP contribution in [0.4, 0.5) is 13.2 Å². The Morgan fingerprint density at radius 2 is 2.45 bits per heavy atom. The van der Waals surface area contributed by atoms with Crippen molar-refractivity contribution in [2.45, 2.75) is 24.1 Å². The minimum atomic E-state index is -4.36. The molecule has 0 bridgehead atoms. The predicted molar refractivity (Wildman–Crippen MR) is 67.3 cm³/mol. The zero-order chi connectivity index (χ0) is 14.8. The molecule has 2 unspecified atom stereocenters. The maximum atomic E-state index is 12.2. The molecule has 2 heterocycles. The van der Waals surface area contributed by atoms with Gasteiger partial charge in [0.05, 0.1) is 6.61 Å². The number of thioether (sulfide) groups is 1. The summed E-state index contributed by atoms with van der Waals surface area (Å²) in [6.45, 7) is 0.331. The summed E-state index contributed by atoms with van der Waals surface area (Å²) < 4.78 is 46.9. The number of alkyl halides is 3. The molecule has 0 amide bonds. The number of rotatable bonds is 3. The molecular weight excluding hydrogens is 297 g/mol. The molecule has 9 heteroatoms. The molecular formula is C11H13F3N2O3S. The van der Waals surface area contributed by atoms with Crippen LogP contribution < -0.4 is 5.32 Å². The van der Waals surface area contributed by atoms with Crippen LogP contribution in [0, 0.1) is 0 Å². The monoisotopic (exact) mass is 310 g/mol. The van der Waals surface area contributed by atoms with E-state index in [2.05, 4.69) is 10.3 Å². The lowest BCUT2D eigenvalue weighted by Gasteiger charge is -2.32. The number of ether oxygens (including phenoxy) is 2. The molecule has 2 aliphatic heterocycles. The normalized spacial score (nSPS) is 31.0. The number of nitrogens with zero attached hydrogens (tertiary/aromatic N) is 1. The number of halogens is 3. The SMILES string of the molecule is CC(=O)OCC12C=CCOC1SC(=NCC(F)(F)F)N2. The lowest BCUT2D eigenvalue weighted by Crippen LogP contribution is -2.53. The van der Waals surface area contributed by atoms with Crippen molar-refractivity contribution in [1.29, 1.82) is 0 Å². The standard InChI is InChI=1S/C11H13F3N2O3S/c1-7(17)19-6-10-3-2-4-18-8(10)20-9(16-10)15-5-11(12,13)14/h2-3,8H,4-6H2,1H3,(H,15,16). The topological polar surface area (TPSA) is 59.9 Å². The Bertz CT molecular complexity index is 453. The fourth-order valence-electron chi connectivity index (χ4n) is 1.81. The van der Waals surface area contributed by atoms with Crippen LogP contribution in [0.2, 0.25) is 0 Å². The molecule has 1 fully saturated rings. The van der Waals surface area contributed by atoms with Gasteiger partial charge in [0.1, 0.15) is 24.1 Å². The number of esters is 1. The van der Waals surface area contributed by atoms with Crippen LogP contribution in [0.1, 0.15) is 6.92 Å². The van der Waals surface area contributed by atoms with Crippen molar-refractivity contribution < 1.29 is 27.4 Å². The van der Waals surface area contributed by atoms with Gasteiger partial charge in [-0.25, -0.2) is 0 Å². The molecule has 0 aromatic rings. The van der Waals surface area contributed by atoms with Gasteiger partial charge in [-0.2, -0.15) is 13.2 Å². The van der Waals surface area contributed by atoms with E-state index in [0.717, 1.165) is 11.8 Å². The van der Waals surface area contributed by atoms with Gasteiger partial charge in [-0.05, 0) is 0 Å². The zero-order valence-electron chi connectivity index (χ0n) is 10.6. The Kier molecular flexibility index (Phi) is 4.28. The number of carbonyl (C=O) groups is 1. The van der Waals surface area contributed by atoms with Gasteiger partial charge in [0.15, 0.2) is 5.17 Å². The first-order valence-electron chi connectivity index (χ1n) is 5.79. The minimum Gasteiger partial charge on any atom is -0.463 e. The first-order chi connectivity index (χ1) is 9.31. The van der Waals surface area contributed by atoms with Crippen LogP contribution in [0.3, 0.4) is 0 Å². The molecule has 0 aromatic heterocycles. The predicted octanol–water partition coefficient (Wildman–Crippen LogP) is 1.46.